The summed E-state index contributed by atoms with van der Waals surface area (Å²) in [5.74, 6) is 0.829. The maximum atomic E-state index is 5.86. The van der Waals surface area contributed by atoms with Gasteiger partial charge in [0.25, 0.3) is 0 Å². The fraction of sp³-hybridized carbons (Fsp3) is 0.538. The van der Waals surface area contributed by atoms with E-state index in [2.05, 4.69) is 10.6 Å². The summed E-state index contributed by atoms with van der Waals surface area (Å²) >= 11 is 5.86. The largest absolute Gasteiger partial charge is 0.492 e. The molecule has 1 saturated carbocycles. The molecule has 94 valence electrons. The van der Waals surface area contributed by atoms with E-state index in [4.69, 9.17) is 16.3 Å². The van der Waals surface area contributed by atoms with Gasteiger partial charge in [-0.25, -0.2) is 0 Å². The third-order valence-electron chi connectivity index (χ3n) is 2.66. The molecule has 0 spiro atoms. The summed E-state index contributed by atoms with van der Waals surface area (Å²) in [7, 11) is 0. The van der Waals surface area contributed by atoms with Gasteiger partial charge in [-0.15, -0.1) is 0 Å². The van der Waals surface area contributed by atoms with Gasteiger partial charge in [-0.05, 0) is 31.0 Å². The minimum atomic E-state index is 0.670. The van der Waals surface area contributed by atoms with Crippen molar-refractivity contribution >= 4 is 11.6 Å². The molecule has 1 aromatic carbocycles. The van der Waals surface area contributed by atoms with E-state index in [-0.39, 0.29) is 0 Å². The van der Waals surface area contributed by atoms with Gasteiger partial charge in [-0.1, -0.05) is 17.7 Å². The van der Waals surface area contributed by atoms with Crippen molar-refractivity contribution in [2.24, 2.45) is 0 Å². The van der Waals surface area contributed by atoms with Crippen LogP contribution in [0.5, 0.6) is 5.75 Å². The molecule has 0 atom stereocenters. The van der Waals surface area contributed by atoms with Crippen LogP contribution in [0, 0.1) is 0 Å². The average molecular weight is 255 g/mol. The summed E-state index contributed by atoms with van der Waals surface area (Å²) in [6, 6.07) is 8.27. The van der Waals surface area contributed by atoms with Gasteiger partial charge >= 0.3 is 0 Å². The van der Waals surface area contributed by atoms with Crippen LogP contribution in [0.2, 0.25) is 5.02 Å². The molecule has 0 aromatic heterocycles. The van der Waals surface area contributed by atoms with Crippen molar-refractivity contribution in [2.45, 2.75) is 18.9 Å². The Kier molecular flexibility index (Phi) is 5.10. The summed E-state index contributed by atoms with van der Waals surface area (Å²) < 4.78 is 5.56. The highest BCUT2D eigenvalue weighted by molar-refractivity contribution is 6.30. The highest BCUT2D eigenvalue weighted by Crippen LogP contribution is 2.18. The van der Waals surface area contributed by atoms with Crippen LogP contribution in [0.4, 0.5) is 0 Å². The molecule has 1 aliphatic rings. The Morgan fingerprint density at radius 2 is 2.12 bits per heavy atom. The van der Waals surface area contributed by atoms with E-state index in [0.29, 0.717) is 11.6 Å². The molecule has 0 unspecified atom stereocenters. The molecule has 2 rings (SSSR count). The lowest BCUT2D eigenvalue weighted by molar-refractivity contribution is 0.314. The molecule has 0 aliphatic heterocycles. The molecule has 0 heterocycles. The fourth-order valence-corrected chi connectivity index (χ4v) is 1.76. The molecular weight excluding hydrogens is 236 g/mol. The van der Waals surface area contributed by atoms with E-state index < -0.39 is 0 Å². The predicted molar refractivity (Wildman–Crippen MR) is 70.8 cm³/mol. The van der Waals surface area contributed by atoms with E-state index in [9.17, 15) is 0 Å². The first-order valence-corrected chi connectivity index (χ1v) is 6.55. The Bertz CT molecular complexity index is 342. The monoisotopic (exact) mass is 254 g/mol. The topological polar surface area (TPSA) is 33.3 Å². The fourth-order valence-electron chi connectivity index (χ4n) is 1.57. The van der Waals surface area contributed by atoms with Gasteiger partial charge in [0.05, 0.1) is 0 Å². The van der Waals surface area contributed by atoms with Gasteiger partial charge in [0, 0.05) is 30.7 Å². The van der Waals surface area contributed by atoms with Crippen LogP contribution < -0.4 is 15.4 Å². The zero-order chi connectivity index (χ0) is 11.9. The van der Waals surface area contributed by atoms with E-state index in [1.54, 1.807) is 0 Å². The quantitative estimate of drug-likeness (QED) is 0.697. The number of nitrogens with one attached hydrogen (secondary N) is 2. The molecule has 0 bridgehead atoms. The van der Waals surface area contributed by atoms with Crippen LogP contribution in [0.25, 0.3) is 0 Å². The third-order valence-corrected chi connectivity index (χ3v) is 2.89. The SMILES string of the molecule is Clc1cccc(OCCNCCNC2CC2)c1. The first-order chi connectivity index (χ1) is 8.34. The Morgan fingerprint density at radius 3 is 2.88 bits per heavy atom. The van der Waals surface area contributed by atoms with Crippen molar-refractivity contribution in [3.63, 3.8) is 0 Å². The Balaban J connectivity index is 1.47. The number of ether oxygens (including phenoxy) is 1. The second kappa shape index (κ2) is 6.84. The Labute approximate surface area is 107 Å². The van der Waals surface area contributed by atoms with Gasteiger partial charge in [0.1, 0.15) is 12.4 Å². The van der Waals surface area contributed by atoms with Crippen molar-refractivity contribution in [1.29, 1.82) is 0 Å². The lowest BCUT2D eigenvalue weighted by Crippen LogP contribution is -2.31. The molecule has 4 heteroatoms. The average Bonchev–Trinajstić information content (AvgIpc) is 3.12. The molecule has 1 fully saturated rings. The smallest absolute Gasteiger partial charge is 0.120 e. The molecule has 0 saturated heterocycles. The normalized spacial score (nSPS) is 14.9. The maximum absolute atomic E-state index is 5.86. The van der Waals surface area contributed by atoms with Crippen molar-refractivity contribution in [2.75, 3.05) is 26.2 Å². The second-order valence-electron chi connectivity index (χ2n) is 4.28. The van der Waals surface area contributed by atoms with Crippen molar-refractivity contribution in [1.82, 2.24) is 10.6 Å². The summed E-state index contributed by atoms with van der Waals surface area (Å²) in [5, 5.41) is 7.50. The maximum Gasteiger partial charge on any atom is 0.120 e. The summed E-state index contributed by atoms with van der Waals surface area (Å²) in [6.45, 7) is 3.57. The minimum Gasteiger partial charge on any atom is -0.492 e. The van der Waals surface area contributed by atoms with Crippen molar-refractivity contribution < 1.29 is 4.74 Å². The van der Waals surface area contributed by atoms with Gasteiger partial charge in [0.15, 0.2) is 0 Å². The van der Waals surface area contributed by atoms with Crippen molar-refractivity contribution in [3.8, 4) is 5.75 Å². The first kappa shape index (κ1) is 12.7. The van der Waals surface area contributed by atoms with Crippen LogP contribution in [-0.4, -0.2) is 32.3 Å². The van der Waals surface area contributed by atoms with Gasteiger partial charge in [0.2, 0.25) is 0 Å². The standard InChI is InChI=1S/C13H19ClN2O/c14-11-2-1-3-13(10-11)17-9-8-15-6-7-16-12-4-5-12/h1-3,10,12,15-16H,4-9H2. The van der Waals surface area contributed by atoms with E-state index in [1.165, 1.54) is 12.8 Å². The lowest BCUT2D eigenvalue weighted by atomic mass is 10.3. The highest BCUT2D eigenvalue weighted by atomic mass is 35.5. The number of hydrogen-bond donors (Lipinski definition) is 2. The second-order valence-corrected chi connectivity index (χ2v) is 4.72. The van der Waals surface area contributed by atoms with Gasteiger partial charge < -0.3 is 15.4 Å². The molecule has 0 amide bonds. The molecule has 17 heavy (non-hydrogen) atoms. The number of hydrogen-bond acceptors (Lipinski definition) is 3. The first-order valence-electron chi connectivity index (χ1n) is 6.17. The van der Waals surface area contributed by atoms with Crippen LogP contribution in [0.1, 0.15) is 12.8 Å². The van der Waals surface area contributed by atoms with Crippen LogP contribution in [-0.2, 0) is 0 Å². The van der Waals surface area contributed by atoms with Gasteiger partial charge in [-0.2, -0.15) is 0 Å². The highest BCUT2D eigenvalue weighted by Gasteiger charge is 2.19. The zero-order valence-corrected chi connectivity index (χ0v) is 10.7. The Morgan fingerprint density at radius 1 is 1.24 bits per heavy atom. The molecule has 0 radical (unpaired) electrons. The van der Waals surface area contributed by atoms with E-state index in [1.807, 2.05) is 24.3 Å². The summed E-state index contributed by atoms with van der Waals surface area (Å²) in [6.07, 6.45) is 2.69. The van der Waals surface area contributed by atoms with Crippen LogP contribution in [0.15, 0.2) is 24.3 Å². The van der Waals surface area contributed by atoms with Gasteiger partial charge in [-0.3, -0.25) is 0 Å². The van der Waals surface area contributed by atoms with Crippen molar-refractivity contribution in [3.05, 3.63) is 29.3 Å². The zero-order valence-electron chi connectivity index (χ0n) is 9.92. The van der Waals surface area contributed by atoms with Crippen LogP contribution >= 0.6 is 11.6 Å². The molecule has 1 aromatic rings. The van der Waals surface area contributed by atoms with Crippen LogP contribution in [0.3, 0.4) is 0 Å². The van der Waals surface area contributed by atoms with E-state index in [0.717, 1.165) is 31.4 Å². The number of halogens is 1. The van der Waals surface area contributed by atoms with E-state index >= 15 is 0 Å². The lowest BCUT2D eigenvalue weighted by Gasteiger charge is -2.08. The molecular formula is C13H19ClN2O. The molecule has 1 aliphatic carbocycles. The minimum absolute atomic E-state index is 0.670. The summed E-state index contributed by atoms with van der Waals surface area (Å²) in [4.78, 5) is 0. The number of rotatable bonds is 8. The predicted octanol–water partition coefficient (Wildman–Crippen LogP) is 2.06. The Hall–Kier alpha value is -0.770. The molecule has 2 N–H and O–H groups in total. The summed E-state index contributed by atoms with van der Waals surface area (Å²) in [5.41, 5.74) is 0. The third kappa shape index (κ3) is 5.39. The molecule has 3 nitrogen and oxygen atoms in total. The number of benzene rings is 1.